The van der Waals surface area contributed by atoms with Crippen LogP contribution in [0.1, 0.15) is 5.82 Å². The van der Waals surface area contributed by atoms with Gasteiger partial charge in [-0.2, -0.15) is 0 Å². The summed E-state index contributed by atoms with van der Waals surface area (Å²) in [6.45, 7) is -0.246. The Morgan fingerprint density at radius 2 is 1.83 bits per heavy atom. The van der Waals surface area contributed by atoms with E-state index in [1.54, 1.807) is 16.7 Å². The zero-order chi connectivity index (χ0) is 20.6. The molecule has 0 bridgehead atoms. The van der Waals surface area contributed by atoms with Crippen molar-refractivity contribution in [2.45, 2.75) is 11.8 Å². The van der Waals surface area contributed by atoms with Crippen LogP contribution < -0.4 is 15.8 Å². The lowest BCUT2D eigenvalue weighted by Gasteiger charge is -2.11. The van der Waals surface area contributed by atoms with Gasteiger partial charge < -0.3 is 15.8 Å². The van der Waals surface area contributed by atoms with E-state index in [1.165, 1.54) is 12.1 Å². The molecular formula is C19H18FN5O3S. The molecule has 0 atom stereocenters. The summed E-state index contributed by atoms with van der Waals surface area (Å²) >= 11 is 1.14. The van der Waals surface area contributed by atoms with Crippen LogP contribution in [0, 0.1) is 5.82 Å². The molecule has 0 saturated heterocycles. The van der Waals surface area contributed by atoms with Gasteiger partial charge in [-0.1, -0.05) is 42.1 Å². The average Bonchev–Trinajstić information content (AvgIpc) is 3.13. The maximum absolute atomic E-state index is 13.8. The molecule has 1 heterocycles. The van der Waals surface area contributed by atoms with Gasteiger partial charge in [-0.05, 0) is 24.3 Å². The Bertz CT molecular complexity index is 997. The van der Waals surface area contributed by atoms with Crippen LogP contribution in [-0.4, -0.2) is 38.9 Å². The minimum atomic E-state index is -0.622. The molecule has 3 N–H and O–H groups in total. The van der Waals surface area contributed by atoms with Gasteiger partial charge in [0, 0.05) is 5.69 Å². The van der Waals surface area contributed by atoms with Crippen LogP contribution in [0.3, 0.4) is 0 Å². The molecule has 0 aliphatic heterocycles. The lowest BCUT2D eigenvalue weighted by atomic mass is 10.3. The first-order valence-electron chi connectivity index (χ1n) is 8.59. The number of nitrogens with zero attached hydrogens (tertiary/aromatic N) is 3. The van der Waals surface area contributed by atoms with E-state index in [0.29, 0.717) is 11.0 Å². The number of thioether (sulfide) groups is 1. The molecule has 1 aromatic heterocycles. The highest BCUT2D eigenvalue weighted by molar-refractivity contribution is 7.99. The number of primary amides is 1. The number of hydrogen-bond donors (Lipinski definition) is 2. The van der Waals surface area contributed by atoms with Crippen molar-refractivity contribution in [3.05, 3.63) is 66.2 Å². The molecule has 0 saturated carbocycles. The van der Waals surface area contributed by atoms with Crippen LogP contribution in [-0.2, 0) is 16.2 Å². The second-order valence-corrected chi connectivity index (χ2v) is 6.76. The smallest absolute Gasteiger partial charge is 0.236 e. The van der Waals surface area contributed by atoms with Crippen molar-refractivity contribution in [2.24, 2.45) is 5.73 Å². The summed E-state index contributed by atoms with van der Waals surface area (Å²) in [6, 6.07) is 15.4. The van der Waals surface area contributed by atoms with Gasteiger partial charge in [-0.3, -0.25) is 14.2 Å². The van der Waals surface area contributed by atoms with Gasteiger partial charge in [0.1, 0.15) is 6.61 Å². The molecule has 10 heteroatoms. The number of rotatable bonds is 9. The topological polar surface area (TPSA) is 112 Å². The number of nitrogens with two attached hydrogens (primary N) is 1. The van der Waals surface area contributed by atoms with E-state index in [-0.39, 0.29) is 30.6 Å². The van der Waals surface area contributed by atoms with Crippen LogP contribution in [0.25, 0.3) is 5.69 Å². The van der Waals surface area contributed by atoms with E-state index < -0.39 is 11.7 Å². The second kappa shape index (κ2) is 9.69. The first-order valence-corrected chi connectivity index (χ1v) is 9.58. The highest BCUT2D eigenvalue weighted by Gasteiger charge is 2.17. The summed E-state index contributed by atoms with van der Waals surface area (Å²) in [6.07, 6.45) is 0. The molecule has 3 rings (SSSR count). The molecule has 29 heavy (non-hydrogen) atoms. The van der Waals surface area contributed by atoms with Crippen molar-refractivity contribution in [1.29, 1.82) is 0 Å². The third-order valence-corrected chi connectivity index (χ3v) is 4.63. The Morgan fingerprint density at radius 1 is 1.10 bits per heavy atom. The van der Waals surface area contributed by atoms with E-state index >= 15 is 0 Å². The highest BCUT2D eigenvalue weighted by atomic mass is 32.2. The molecule has 0 fully saturated rings. The fraction of sp³-hybridized carbons (Fsp3) is 0.158. The van der Waals surface area contributed by atoms with Gasteiger partial charge in [0.05, 0.1) is 12.3 Å². The predicted molar refractivity (Wildman–Crippen MR) is 105 cm³/mol. The molecule has 2 aromatic carbocycles. The second-order valence-electron chi connectivity index (χ2n) is 5.82. The third kappa shape index (κ3) is 5.55. The van der Waals surface area contributed by atoms with Crippen molar-refractivity contribution in [3.63, 3.8) is 0 Å². The standard InChI is InChI=1S/C19H18FN5O3S/c20-14-8-4-5-9-15(14)28-11-17-23-24-19(25(17)13-6-2-1-3-7-13)29-12-18(27)22-10-16(21)26/h1-9H,10-12H2,(H2,21,26)(H,22,27). The van der Waals surface area contributed by atoms with Gasteiger partial charge >= 0.3 is 0 Å². The van der Waals surface area contributed by atoms with Crippen molar-refractivity contribution in [2.75, 3.05) is 12.3 Å². The molecule has 0 radical (unpaired) electrons. The Hall–Kier alpha value is -3.40. The van der Waals surface area contributed by atoms with Crippen molar-refractivity contribution < 1.29 is 18.7 Å². The van der Waals surface area contributed by atoms with E-state index in [2.05, 4.69) is 15.5 Å². The summed E-state index contributed by atoms with van der Waals surface area (Å²) in [4.78, 5) is 22.6. The first-order chi connectivity index (χ1) is 14.0. The summed E-state index contributed by atoms with van der Waals surface area (Å²) in [5.41, 5.74) is 5.78. The molecule has 0 spiro atoms. The predicted octanol–water partition coefficient (Wildman–Crippen LogP) is 1.68. The summed E-state index contributed by atoms with van der Waals surface area (Å²) < 4.78 is 21.1. The van der Waals surface area contributed by atoms with Gasteiger partial charge in [-0.15, -0.1) is 10.2 Å². The molecule has 3 aromatic rings. The molecule has 0 aliphatic carbocycles. The van der Waals surface area contributed by atoms with Gasteiger partial charge in [0.2, 0.25) is 11.8 Å². The Labute approximate surface area is 170 Å². The maximum atomic E-state index is 13.8. The third-order valence-electron chi connectivity index (χ3n) is 3.70. The Balaban J connectivity index is 1.77. The number of ether oxygens (including phenoxy) is 1. The highest BCUT2D eigenvalue weighted by Crippen LogP contribution is 2.23. The lowest BCUT2D eigenvalue weighted by Crippen LogP contribution is -2.34. The van der Waals surface area contributed by atoms with Crippen LogP contribution in [0.15, 0.2) is 59.8 Å². The number of benzene rings is 2. The average molecular weight is 415 g/mol. The number of amides is 2. The van der Waals surface area contributed by atoms with Crippen molar-refractivity contribution in [1.82, 2.24) is 20.1 Å². The normalized spacial score (nSPS) is 10.5. The SMILES string of the molecule is NC(=O)CNC(=O)CSc1nnc(COc2ccccc2F)n1-c1ccccc1. The summed E-state index contributed by atoms with van der Waals surface area (Å²) in [7, 11) is 0. The molecule has 0 aliphatic rings. The van der Waals surface area contributed by atoms with Gasteiger partial charge in [0.25, 0.3) is 0 Å². The van der Waals surface area contributed by atoms with Crippen LogP contribution in [0.2, 0.25) is 0 Å². The van der Waals surface area contributed by atoms with E-state index in [9.17, 15) is 14.0 Å². The number of nitrogens with one attached hydrogen (secondary N) is 1. The largest absolute Gasteiger partial charge is 0.483 e. The number of halogens is 1. The molecule has 2 amide bonds. The van der Waals surface area contributed by atoms with Gasteiger partial charge in [-0.25, -0.2) is 4.39 Å². The minimum absolute atomic E-state index is 0.0166. The summed E-state index contributed by atoms with van der Waals surface area (Å²) in [5.74, 6) is -0.885. The summed E-state index contributed by atoms with van der Waals surface area (Å²) in [5, 5.41) is 11.1. The Kier molecular flexibility index (Phi) is 6.80. The molecule has 0 unspecified atom stereocenters. The Morgan fingerprint density at radius 3 is 2.55 bits per heavy atom. The number of para-hydroxylation sites is 2. The lowest BCUT2D eigenvalue weighted by molar-refractivity contribution is -0.123. The van der Waals surface area contributed by atoms with Crippen LogP contribution >= 0.6 is 11.8 Å². The first kappa shape index (κ1) is 20.3. The number of aromatic nitrogens is 3. The zero-order valence-electron chi connectivity index (χ0n) is 15.2. The monoisotopic (exact) mass is 415 g/mol. The molecular weight excluding hydrogens is 397 g/mol. The van der Waals surface area contributed by atoms with Crippen molar-refractivity contribution in [3.8, 4) is 11.4 Å². The molecule has 8 nitrogen and oxygen atoms in total. The maximum Gasteiger partial charge on any atom is 0.236 e. The minimum Gasteiger partial charge on any atom is -0.483 e. The van der Waals surface area contributed by atoms with Gasteiger partial charge in [0.15, 0.2) is 22.5 Å². The van der Waals surface area contributed by atoms with Crippen LogP contribution in [0.5, 0.6) is 5.75 Å². The quantitative estimate of drug-likeness (QED) is 0.514. The number of carbonyl (C=O) groups is 2. The number of hydrogen-bond acceptors (Lipinski definition) is 6. The fourth-order valence-electron chi connectivity index (χ4n) is 2.39. The van der Waals surface area contributed by atoms with E-state index in [1.807, 2.05) is 30.3 Å². The van der Waals surface area contributed by atoms with Crippen molar-refractivity contribution >= 4 is 23.6 Å². The van der Waals surface area contributed by atoms with E-state index in [4.69, 9.17) is 10.5 Å². The van der Waals surface area contributed by atoms with E-state index in [0.717, 1.165) is 17.4 Å². The molecule has 150 valence electrons. The number of carbonyl (C=O) groups excluding carboxylic acids is 2. The zero-order valence-corrected chi connectivity index (χ0v) is 16.1. The fourth-order valence-corrected chi connectivity index (χ4v) is 3.20. The van der Waals surface area contributed by atoms with Crippen LogP contribution in [0.4, 0.5) is 4.39 Å².